The first-order valence-corrected chi connectivity index (χ1v) is 11.1. The van der Waals surface area contributed by atoms with Crippen LogP contribution in [0.5, 0.6) is 5.75 Å². The van der Waals surface area contributed by atoms with E-state index >= 15 is 0 Å². The monoisotopic (exact) mass is 410 g/mol. The van der Waals surface area contributed by atoms with Gasteiger partial charge in [-0.05, 0) is 54.5 Å². The van der Waals surface area contributed by atoms with Gasteiger partial charge in [-0.3, -0.25) is 0 Å². The molecule has 0 spiro atoms. The van der Waals surface area contributed by atoms with Crippen LogP contribution in [-0.4, -0.2) is 13.2 Å². The van der Waals surface area contributed by atoms with Crippen LogP contribution in [0.1, 0.15) is 54.8 Å². The summed E-state index contributed by atoms with van der Waals surface area (Å²) in [6.07, 6.45) is 4.65. The number of rotatable bonds is 7. The molecule has 1 N–H and O–H groups in total. The van der Waals surface area contributed by atoms with Crippen LogP contribution in [0.15, 0.2) is 84.9 Å². The lowest BCUT2D eigenvalue weighted by Gasteiger charge is -2.41. The zero-order valence-electron chi connectivity index (χ0n) is 18.1. The largest absolute Gasteiger partial charge is 0.497 e. The molecule has 31 heavy (non-hydrogen) atoms. The third-order valence-electron chi connectivity index (χ3n) is 6.71. The fourth-order valence-corrected chi connectivity index (χ4v) is 4.92. The van der Waals surface area contributed by atoms with Crippen molar-refractivity contribution in [3.63, 3.8) is 0 Å². The summed E-state index contributed by atoms with van der Waals surface area (Å²) in [4.78, 5) is 0. The Kier molecular flexibility index (Phi) is 6.70. The van der Waals surface area contributed by atoms with Crippen LogP contribution in [0.4, 0.5) is 0 Å². The van der Waals surface area contributed by atoms with Crippen molar-refractivity contribution in [3.8, 4) is 11.8 Å². The topological polar surface area (TPSA) is 45.0 Å². The molecule has 0 unspecified atom stereocenters. The first-order valence-electron chi connectivity index (χ1n) is 11.1. The van der Waals surface area contributed by atoms with Gasteiger partial charge in [0.05, 0.1) is 19.2 Å². The van der Waals surface area contributed by atoms with Crippen molar-refractivity contribution in [2.45, 2.75) is 49.6 Å². The molecule has 1 fully saturated rings. The highest BCUT2D eigenvalue weighted by Crippen LogP contribution is 2.43. The molecule has 3 aromatic rings. The van der Waals surface area contributed by atoms with E-state index in [1.165, 1.54) is 16.7 Å². The molecule has 4 rings (SSSR count). The molecular formula is C28H30N2O. The van der Waals surface area contributed by atoms with E-state index < -0.39 is 0 Å². The van der Waals surface area contributed by atoms with Gasteiger partial charge in [0.2, 0.25) is 0 Å². The lowest BCUT2D eigenvalue weighted by molar-refractivity contribution is 0.241. The van der Waals surface area contributed by atoms with Crippen molar-refractivity contribution in [2.24, 2.45) is 0 Å². The minimum Gasteiger partial charge on any atom is -0.497 e. The van der Waals surface area contributed by atoms with Gasteiger partial charge < -0.3 is 10.1 Å². The second kappa shape index (κ2) is 9.81. The second-order valence-corrected chi connectivity index (χ2v) is 8.54. The van der Waals surface area contributed by atoms with E-state index in [9.17, 15) is 5.26 Å². The summed E-state index contributed by atoms with van der Waals surface area (Å²) >= 11 is 0. The lowest BCUT2D eigenvalue weighted by atomic mass is 9.66. The zero-order chi connectivity index (χ0) is 21.5. The highest BCUT2D eigenvalue weighted by molar-refractivity contribution is 5.36. The summed E-state index contributed by atoms with van der Waals surface area (Å²) in [5, 5.41) is 13.5. The lowest BCUT2D eigenvalue weighted by Crippen LogP contribution is -2.41. The SMILES string of the molecule is COc1cccc([C@]2(CC#N)CC[C@H](NC(c3ccccc3)c3ccccc3)CC2)c1. The fraction of sp³-hybridized carbons (Fsp3) is 0.321. The predicted molar refractivity (Wildman–Crippen MR) is 125 cm³/mol. The van der Waals surface area contributed by atoms with E-state index in [0.29, 0.717) is 12.5 Å². The van der Waals surface area contributed by atoms with Crippen LogP contribution in [0.2, 0.25) is 0 Å². The molecule has 1 aliphatic rings. The Balaban J connectivity index is 1.53. The van der Waals surface area contributed by atoms with Crippen LogP contribution in [0.3, 0.4) is 0 Å². The minimum absolute atomic E-state index is 0.0868. The van der Waals surface area contributed by atoms with Gasteiger partial charge in [-0.25, -0.2) is 0 Å². The molecule has 158 valence electrons. The summed E-state index contributed by atoms with van der Waals surface area (Å²) in [5.74, 6) is 0.864. The normalized spacial score (nSPS) is 20.9. The van der Waals surface area contributed by atoms with Crippen LogP contribution in [0.25, 0.3) is 0 Å². The first-order chi connectivity index (χ1) is 15.2. The van der Waals surface area contributed by atoms with E-state index in [-0.39, 0.29) is 11.5 Å². The number of hydrogen-bond donors (Lipinski definition) is 1. The minimum atomic E-state index is -0.0868. The molecule has 3 nitrogen and oxygen atoms in total. The van der Waals surface area contributed by atoms with Gasteiger partial charge in [-0.15, -0.1) is 0 Å². The number of nitriles is 1. The Morgan fingerprint density at radius 1 is 0.935 bits per heavy atom. The summed E-state index contributed by atoms with van der Waals surface area (Å²) in [5.41, 5.74) is 3.72. The smallest absolute Gasteiger partial charge is 0.119 e. The van der Waals surface area contributed by atoms with E-state index in [4.69, 9.17) is 4.74 Å². The van der Waals surface area contributed by atoms with Gasteiger partial charge in [-0.1, -0.05) is 72.8 Å². The fourth-order valence-electron chi connectivity index (χ4n) is 4.92. The Hall–Kier alpha value is -3.09. The summed E-state index contributed by atoms with van der Waals surface area (Å²) in [6.45, 7) is 0. The molecule has 1 aliphatic carbocycles. The molecule has 0 radical (unpaired) electrons. The van der Waals surface area contributed by atoms with Crippen molar-refractivity contribution in [3.05, 3.63) is 102 Å². The van der Waals surface area contributed by atoms with Gasteiger partial charge >= 0.3 is 0 Å². The maximum Gasteiger partial charge on any atom is 0.119 e. The average Bonchev–Trinajstić information content (AvgIpc) is 2.85. The molecule has 3 aromatic carbocycles. The van der Waals surface area contributed by atoms with E-state index in [2.05, 4.69) is 84.2 Å². The molecule has 3 heteroatoms. The van der Waals surface area contributed by atoms with E-state index in [1.807, 2.05) is 12.1 Å². The maximum atomic E-state index is 9.58. The van der Waals surface area contributed by atoms with Crippen LogP contribution >= 0.6 is 0 Å². The Bertz CT molecular complexity index is 962. The van der Waals surface area contributed by atoms with Gasteiger partial charge in [0, 0.05) is 17.9 Å². The Morgan fingerprint density at radius 2 is 1.55 bits per heavy atom. The maximum absolute atomic E-state index is 9.58. The highest BCUT2D eigenvalue weighted by Gasteiger charge is 2.37. The number of ether oxygens (including phenoxy) is 1. The molecule has 0 amide bonds. The third kappa shape index (κ3) is 4.81. The summed E-state index contributed by atoms with van der Waals surface area (Å²) in [6, 6.07) is 32.7. The number of nitrogens with one attached hydrogen (secondary N) is 1. The van der Waals surface area contributed by atoms with Gasteiger partial charge in [0.15, 0.2) is 0 Å². The van der Waals surface area contributed by atoms with Crippen LogP contribution in [-0.2, 0) is 5.41 Å². The molecule has 0 aliphatic heterocycles. The number of nitrogens with zero attached hydrogens (tertiary/aromatic N) is 1. The molecule has 0 saturated heterocycles. The summed E-state index contributed by atoms with van der Waals surface area (Å²) < 4.78 is 5.45. The molecular weight excluding hydrogens is 380 g/mol. The molecule has 0 bridgehead atoms. The van der Waals surface area contributed by atoms with Crippen molar-refractivity contribution in [1.29, 1.82) is 5.26 Å². The van der Waals surface area contributed by atoms with Crippen molar-refractivity contribution in [1.82, 2.24) is 5.32 Å². The van der Waals surface area contributed by atoms with Crippen LogP contribution < -0.4 is 10.1 Å². The molecule has 0 atom stereocenters. The molecule has 1 saturated carbocycles. The van der Waals surface area contributed by atoms with Crippen molar-refractivity contribution < 1.29 is 4.74 Å². The van der Waals surface area contributed by atoms with Crippen molar-refractivity contribution >= 4 is 0 Å². The number of hydrogen-bond acceptors (Lipinski definition) is 3. The average molecular weight is 411 g/mol. The van der Waals surface area contributed by atoms with Crippen LogP contribution in [0, 0.1) is 11.3 Å². The second-order valence-electron chi connectivity index (χ2n) is 8.54. The Morgan fingerprint density at radius 3 is 2.10 bits per heavy atom. The zero-order valence-corrected chi connectivity index (χ0v) is 18.1. The Labute approximate surface area is 185 Å². The van der Waals surface area contributed by atoms with Gasteiger partial charge in [0.1, 0.15) is 5.75 Å². The predicted octanol–water partition coefficient (Wildman–Crippen LogP) is 6.17. The summed E-state index contributed by atoms with van der Waals surface area (Å²) in [7, 11) is 1.70. The van der Waals surface area contributed by atoms with Crippen molar-refractivity contribution in [2.75, 3.05) is 7.11 Å². The number of methoxy groups -OCH3 is 1. The van der Waals surface area contributed by atoms with E-state index in [1.54, 1.807) is 7.11 Å². The quantitative estimate of drug-likeness (QED) is 0.507. The third-order valence-corrected chi connectivity index (χ3v) is 6.71. The number of benzene rings is 3. The standard InChI is InChI=1S/C28H30N2O/c1-31-26-14-8-13-24(21-26)28(19-20-29)17-15-25(16-18-28)30-27(22-9-4-2-5-10-22)23-11-6-3-7-12-23/h2-14,21,25,27,30H,15-19H2,1H3/t25-,28+. The van der Waals surface area contributed by atoms with E-state index in [0.717, 1.165) is 31.4 Å². The molecule has 0 aromatic heterocycles. The van der Waals surface area contributed by atoms with Gasteiger partial charge in [0.25, 0.3) is 0 Å². The van der Waals surface area contributed by atoms with Gasteiger partial charge in [-0.2, -0.15) is 5.26 Å². The molecule has 0 heterocycles. The highest BCUT2D eigenvalue weighted by atomic mass is 16.5. The first kappa shape index (κ1) is 21.2.